The maximum Gasteiger partial charge on any atom is 0.255 e. The monoisotopic (exact) mass is 530 g/mol. The second-order valence-electron chi connectivity index (χ2n) is 11.2. The molecule has 0 bridgehead atoms. The number of aromatic nitrogens is 1. The van der Waals surface area contributed by atoms with Crippen molar-refractivity contribution in [2.24, 2.45) is 17.8 Å². The first kappa shape index (κ1) is 26.5. The third-order valence-corrected chi connectivity index (χ3v) is 8.25. The number of nitrogens with one attached hydrogen (secondary N) is 2. The van der Waals surface area contributed by atoms with E-state index in [1.807, 2.05) is 4.90 Å². The zero-order valence-electron chi connectivity index (χ0n) is 21.6. The van der Waals surface area contributed by atoms with Crippen molar-refractivity contribution >= 4 is 11.8 Å². The first-order chi connectivity index (χ1) is 18.0. The number of alkyl halides is 2. The number of carbonyl (C=O) groups is 2. The molecule has 10 heteroatoms. The molecule has 2 aromatic rings. The van der Waals surface area contributed by atoms with Gasteiger partial charge in [-0.2, -0.15) is 0 Å². The lowest BCUT2D eigenvalue weighted by atomic mass is 9.80. The number of nitrogens with zero attached hydrogens (tertiary/aromatic N) is 2. The van der Waals surface area contributed by atoms with Gasteiger partial charge < -0.3 is 20.1 Å². The van der Waals surface area contributed by atoms with E-state index in [0.717, 1.165) is 13.1 Å². The maximum absolute atomic E-state index is 13.9. The van der Waals surface area contributed by atoms with E-state index < -0.39 is 42.4 Å². The lowest BCUT2D eigenvalue weighted by molar-refractivity contribution is -0.150. The van der Waals surface area contributed by atoms with Gasteiger partial charge in [0.25, 0.3) is 5.91 Å². The van der Waals surface area contributed by atoms with Gasteiger partial charge in [0.15, 0.2) is 0 Å². The molecule has 2 saturated heterocycles. The number of aromatic amines is 1. The van der Waals surface area contributed by atoms with E-state index in [9.17, 15) is 27.6 Å². The molecule has 2 N–H and O–H groups in total. The van der Waals surface area contributed by atoms with Crippen LogP contribution in [0.3, 0.4) is 0 Å². The summed E-state index contributed by atoms with van der Waals surface area (Å²) in [5, 5.41) is 2.89. The van der Waals surface area contributed by atoms with Crippen LogP contribution in [0.2, 0.25) is 0 Å². The Bertz CT molecular complexity index is 1250. The van der Waals surface area contributed by atoms with Gasteiger partial charge >= 0.3 is 0 Å². The van der Waals surface area contributed by atoms with Gasteiger partial charge in [0.1, 0.15) is 5.82 Å². The van der Waals surface area contributed by atoms with E-state index in [4.69, 9.17) is 0 Å². The summed E-state index contributed by atoms with van der Waals surface area (Å²) in [4.78, 5) is 44.4. The minimum absolute atomic E-state index is 0.0624. The molecule has 2 aliphatic heterocycles. The highest BCUT2D eigenvalue weighted by atomic mass is 19.3. The van der Waals surface area contributed by atoms with Crippen LogP contribution in [-0.2, 0) is 4.79 Å². The first-order valence-corrected chi connectivity index (χ1v) is 13.1. The highest BCUT2D eigenvalue weighted by molar-refractivity contribution is 5.96. The van der Waals surface area contributed by atoms with Crippen LogP contribution in [0.1, 0.15) is 52.5 Å². The molecule has 3 fully saturated rings. The molecule has 5 rings (SSSR count). The minimum atomic E-state index is -2.78. The summed E-state index contributed by atoms with van der Waals surface area (Å²) in [6, 6.07) is 7.01. The van der Waals surface area contributed by atoms with E-state index >= 15 is 0 Å². The fourth-order valence-corrected chi connectivity index (χ4v) is 6.27. The Hall–Kier alpha value is -3.14. The Balaban J connectivity index is 1.18. The number of benzene rings is 1. The Morgan fingerprint density at radius 1 is 1.11 bits per heavy atom. The fourth-order valence-electron chi connectivity index (χ4n) is 6.27. The molecule has 1 aromatic carbocycles. The molecular formula is C28H33F3N4O3. The first-order valence-electron chi connectivity index (χ1n) is 13.1. The molecule has 38 heavy (non-hydrogen) atoms. The molecule has 3 aliphatic rings. The lowest BCUT2D eigenvalue weighted by Gasteiger charge is -2.35. The van der Waals surface area contributed by atoms with Gasteiger partial charge in [-0.25, -0.2) is 13.2 Å². The van der Waals surface area contributed by atoms with Crippen molar-refractivity contribution in [3.05, 3.63) is 68.9 Å². The van der Waals surface area contributed by atoms with Gasteiger partial charge in [0, 0.05) is 63.2 Å². The summed E-state index contributed by atoms with van der Waals surface area (Å²) in [5.74, 6) is -3.74. The smallest absolute Gasteiger partial charge is 0.255 e. The standard InChI is InChI=1S/C28H33F3N4O3/c1-16-8-24(36)32-17(2)25(16)27(38)35-14-20-12-34(13-21(20)15-35)7-6-23(18-4-3-5-22(29)9-18)33-26(37)19-10-28(30,31)11-19/h3-5,8-9,19-21,23H,6-7,10-15H2,1-2H3,(H,32,36)(H,33,37)/t20-,21?,23?/m0/s1. The molecule has 3 heterocycles. The summed E-state index contributed by atoms with van der Waals surface area (Å²) >= 11 is 0. The third-order valence-electron chi connectivity index (χ3n) is 8.25. The van der Waals surface area contributed by atoms with Gasteiger partial charge in [-0.15, -0.1) is 0 Å². The number of hydrogen-bond donors (Lipinski definition) is 2. The minimum Gasteiger partial charge on any atom is -0.349 e. The molecule has 3 atom stereocenters. The summed E-state index contributed by atoms with van der Waals surface area (Å²) in [6.07, 6.45) is -0.370. The van der Waals surface area contributed by atoms with Gasteiger partial charge in [-0.05, 0) is 55.4 Å². The zero-order chi connectivity index (χ0) is 27.2. The summed E-state index contributed by atoms with van der Waals surface area (Å²) in [7, 11) is 0. The third kappa shape index (κ3) is 5.50. The van der Waals surface area contributed by atoms with Gasteiger partial charge in [0.05, 0.1) is 11.6 Å². The molecule has 2 amide bonds. The van der Waals surface area contributed by atoms with Crippen LogP contribution in [0.5, 0.6) is 0 Å². The predicted molar refractivity (Wildman–Crippen MR) is 135 cm³/mol. The number of pyridine rings is 1. The van der Waals surface area contributed by atoms with E-state index in [1.165, 1.54) is 18.2 Å². The van der Waals surface area contributed by atoms with Crippen molar-refractivity contribution in [1.29, 1.82) is 0 Å². The molecule has 7 nitrogen and oxygen atoms in total. The number of rotatable bonds is 7. The number of aryl methyl sites for hydroxylation is 2. The summed E-state index contributed by atoms with van der Waals surface area (Å²) < 4.78 is 40.5. The van der Waals surface area contributed by atoms with Gasteiger partial charge in [-0.1, -0.05) is 12.1 Å². The average molecular weight is 531 g/mol. The molecular weight excluding hydrogens is 497 g/mol. The number of H-pyrrole nitrogens is 1. The van der Waals surface area contributed by atoms with Crippen LogP contribution in [0.4, 0.5) is 13.2 Å². The molecule has 1 aromatic heterocycles. The van der Waals surface area contributed by atoms with Crippen molar-refractivity contribution in [1.82, 2.24) is 20.1 Å². The Morgan fingerprint density at radius 2 is 1.79 bits per heavy atom. The van der Waals surface area contributed by atoms with E-state index in [-0.39, 0.29) is 11.5 Å². The molecule has 1 aliphatic carbocycles. The number of likely N-dealkylation sites (tertiary alicyclic amines) is 2. The number of carbonyl (C=O) groups excluding carboxylic acids is 2. The van der Waals surface area contributed by atoms with Crippen LogP contribution in [0.15, 0.2) is 35.1 Å². The Kier molecular flexibility index (Phi) is 7.11. The Morgan fingerprint density at radius 3 is 2.39 bits per heavy atom. The highest BCUT2D eigenvalue weighted by Gasteiger charge is 2.49. The van der Waals surface area contributed by atoms with Crippen LogP contribution < -0.4 is 10.9 Å². The number of halogens is 3. The number of amides is 2. The number of fused-ring (bicyclic) bond motifs is 1. The van der Waals surface area contributed by atoms with Crippen molar-refractivity contribution in [3.63, 3.8) is 0 Å². The fraction of sp³-hybridized carbons (Fsp3) is 0.536. The van der Waals surface area contributed by atoms with E-state index in [1.54, 1.807) is 26.0 Å². The van der Waals surface area contributed by atoms with Crippen molar-refractivity contribution in [3.8, 4) is 0 Å². The van der Waals surface area contributed by atoms with Gasteiger partial charge in [0.2, 0.25) is 17.4 Å². The van der Waals surface area contributed by atoms with Crippen molar-refractivity contribution in [2.75, 3.05) is 32.7 Å². The van der Waals surface area contributed by atoms with E-state index in [2.05, 4.69) is 15.2 Å². The maximum atomic E-state index is 13.9. The average Bonchev–Trinajstić information content (AvgIpc) is 3.38. The van der Waals surface area contributed by atoms with Crippen LogP contribution in [-0.4, -0.2) is 65.2 Å². The van der Waals surface area contributed by atoms with Crippen LogP contribution >= 0.6 is 0 Å². The summed E-state index contributed by atoms with van der Waals surface area (Å²) in [6.45, 7) is 7.05. The second kappa shape index (κ2) is 10.2. The summed E-state index contributed by atoms with van der Waals surface area (Å²) in [5.41, 5.74) is 2.20. The quantitative estimate of drug-likeness (QED) is 0.575. The molecule has 2 unspecified atom stereocenters. The van der Waals surface area contributed by atoms with E-state index in [0.29, 0.717) is 60.3 Å². The Labute approximate surface area is 219 Å². The molecule has 1 saturated carbocycles. The topological polar surface area (TPSA) is 85.5 Å². The lowest BCUT2D eigenvalue weighted by Crippen LogP contribution is -2.46. The second-order valence-corrected chi connectivity index (χ2v) is 11.2. The molecule has 0 spiro atoms. The highest BCUT2D eigenvalue weighted by Crippen LogP contribution is 2.42. The largest absolute Gasteiger partial charge is 0.349 e. The predicted octanol–water partition coefficient (Wildman–Crippen LogP) is 3.43. The number of hydrogen-bond acceptors (Lipinski definition) is 4. The molecule has 0 radical (unpaired) electrons. The SMILES string of the molecule is Cc1cc(=O)[nH]c(C)c1C(=O)N1CC2CN(CCC(NC(=O)C3CC(F)(F)C3)c3cccc(F)c3)C[C@H]2C1. The molecule has 204 valence electrons. The van der Waals surface area contributed by atoms with Crippen LogP contribution in [0, 0.1) is 37.4 Å². The zero-order valence-corrected chi connectivity index (χ0v) is 21.6. The van der Waals surface area contributed by atoms with Gasteiger partial charge in [-0.3, -0.25) is 14.4 Å². The van der Waals surface area contributed by atoms with Crippen LogP contribution in [0.25, 0.3) is 0 Å². The van der Waals surface area contributed by atoms with Crippen molar-refractivity contribution < 1.29 is 22.8 Å². The van der Waals surface area contributed by atoms with Crippen molar-refractivity contribution in [2.45, 2.75) is 45.1 Å². The normalized spacial score (nSPS) is 23.7.